The average Bonchev–Trinajstić information content (AvgIpc) is 2.53. The van der Waals surface area contributed by atoms with Crippen LogP contribution in [0.25, 0.3) is 0 Å². The zero-order chi connectivity index (χ0) is 15.3. The van der Waals surface area contributed by atoms with E-state index in [-0.39, 0.29) is 16.9 Å². The van der Waals surface area contributed by atoms with E-state index in [1.54, 1.807) is 12.1 Å². The molecule has 0 aromatic heterocycles. The van der Waals surface area contributed by atoms with Crippen molar-refractivity contribution in [3.05, 3.63) is 28.3 Å². The lowest BCUT2D eigenvalue weighted by atomic mass is 9.83. The Kier molecular flexibility index (Phi) is 5.41. The second-order valence-corrected chi connectivity index (χ2v) is 5.69. The molecule has 1 fully saturated rings. The van der Waals surface area contributed by atoms with Crippen LogP contribution < -0.4 is 9.47 Å². The number of rotatable bonds is 6. The predicted octanol–water partition coefficient (Wildman–Crippen LogP) is 3.17. The van der Waals surface area contributed by atoms with E-state index in [4.69, 9.17) is 14.2 Å². The van der Waals surface area contributed by atoms with Crippen molar-refractivity contribution in [3.63, 3.8) is 0 Å². The summed E-state index contributed by atoms with van der Waals surface area (Å²) in [5.74, 6) is 0.779. The molecule has 0 aliphatic carbocycles. The molecule has 0 bridgehead atoms. The van der Waals surface area contributed by atoms with Gasteiger partial charge < -0.3 is 14.2 Å². The summed E-state index contributed by atoms with van der Waals surface area (Å²) in [4.78, 5) is 10.6. The molecule has 1 heterocycles. The van der Waals surface area contributed by atoms with Gasteiger partial charge in [-0.05, 0) is 18.9 Å². The molecule has 7 heteroatoms. The van der Waals surface area contributed by atoms with Crippen molar-refractivity contribution in [2.75, 3.05) is 32.3 Å². The summed E-state index contributed by atoms with van der Waals surface area (Å²) >= 11 is 3.52. The number of nitrogens with zero attached hydrogens (tertiary/aromatic N) is 1. The molecule has 116 valence electrons. The van der Waals surface area contributed by atoms with Crippen molar-refractivity contribution in [3.8, 4) is 11.5 Å². The second-order valence-electron chi connectivity index (χ2n) is 5.13. The Bertz CT molecular complexity index is 502. The fourth-order valence-corrected chi connectivity index (χ4v) is 2.96. The van der Waals surface area contributed by atoms with E-state index in [0.29, 0.717) is 25.6 Å². The van der Waals surface area contributed by atoms with Crippen LogP contribution in [-0.4, -0.2) is 37.2 Å². The van der Waals surface area contributed by atoms with E-state index in [1.165, 1.54) is 13.2 Å². The highest BCUT2D eigenvalue weighted by Gasteiger charge is 2.33. The summed E-state index contributed by atoms with van der Waals surface area (Å²) in [5, 5.41) is 11.9. The van der Waals surface area contributed by atoms with Gasteiger partial charge in [-0.1, -0.05) is 15.9 Å². The van der Waals surface area contributed by atoms with E-state index in [0.717, 1.165) is 18.2 Å². The maximum absolute atomic E-state index is 11.1. The zero-order valence-corrected chi connectivity index (χ0v) is 13.4. The van der Waals surface area contributed by atoms with Gasteiger partial charge in [0, 0.05) is 36.1 Å². The molecule has 6 nitrogen and oxygen atoms in total. The Morgan fingerprint density at radius 1 is 1.43 bits per heavy atom. The normalized spacial score (nSPS) is 17.2. The van der Waals surface area contributed by atoms with E-state index in [9.17, 15) is 10.1 Å². The van der Waals surface area contributed by atoms with Crippen LogP contribution in [0, 0.1) is 15.5 Å². The lowest BCUT2D eigenvalue weighted by Crippen LogP contribution is -2.36. The maximum atomic E-state index is 11.1. The van der Waals surface area contributed by atoms with Gasteiger partial charge in [-0.25, -0.2) is 0 Å². The molecule has 0 spiro atoms. The maximum Gasteiger partial charge on any atom is 0.311 e. The summed E-state index contributed by atoms with van der Waals surface area (Å²) in [6.45, 7) is 1.79. The number of ether oxygens (including phenoxy) is 3. The molecule has 0 unspecified atom stereocenters. The number of alkyl halides is 1. The Morgan fingerprint density at radius 2 is 2.14 bits per heavy atom. The molecular weight excluding hydrogens is 342 g/mol. The minimum atomic E-state index is -0.445. The highest BCUT2D eigenvalue weighted by Crippen LogP contribution is 2.36. The van der Waals surface area contributed by atoms with Crippen LogP contribution in [0.5, 0.6) is 11.5 Å². The van der Waals surface area contributed by atoms with E-state index in [2.05, 4.69) is 15.9 Å². The van der Waals surface area contributed by atoms with Gasteiger partial charge in [0.05, 0.1) is 18.6 Å². The molecule has 0 amide bonds. The largest absolute Gasteiger partial charge is 0.497 e. The van der Waals surface area contributed by atoms with E-state index in [1.807, 2.05) is 0 Å². The van der Waals surface area contributed by atoms with Gasteiger partial charge >= 0.3 is 5.69 Å². The standard InChI is InChI=1S/C14H18BrNO5/c1-19-11-2-3-12(16(17)18)13(8-11)21-10-14(9-15)4-6-20-7-5-14/h2-3,8H,4-7,9-10H2,1H3. The van der Waals surface area contributed by atoms with Crippen LogP contribution in [0.2, 0.25) is 0 Å². The topological polar surface area (TPSA) is 70.8 Å². The number of benzene rings is 1. The Hall–Kier alpha value is -1.34. The summed E-state index contributed by atoms with van der Waals surface area (Å²) in [5.41, 5.74) is -0.0950. The average molecular weight is 360 g/mol. The Balaban J connectivity index is 2.15. The van der Waals surface area contributed by atoms with Gasteiger partial charge in [-0.2, -0.15) is 0 Å². The number of hydrogen-bond donors (Lipinski definition) is 0. The van der Waals surface area contributed by atoms with Gasteiger partial charge in [-0.3, -0.25) is 10.1 Å². The molecule has 1 aliphatic rings. The van der Waals surface area contributed by atoms with Gasteiger partial charge in [0.15, 0.2) is 0 Å². The van der Waals surface area contributed by atoms with Crippen LogP contribution in [0.15, 0.2) is 18.2 Å². The molecule has 1 saturated heterocycles. The van der Waals surface area contributed by atoms with Crippen molar-refractivity contribution in [2.24, 2.45) is 5.41 Å². The Morgan fingerprint density at radius 3 is 2.71 bits per heavy atom. The third kappa shape index (κ3) is 3.85. The highest BCUT2D eigenvalue weighted by atomic mass is 79.9. The van der Waals surface area contributed by atoms with Crippen molar-refractivity contribution < 1.29 is 19.1 Å². The molecule has 0 N–H and O–H groups in total. The third-order valence-corrected chi connectivity index (χ3v) is 4.92. The molecule has 1 aliphatic heterocycles. The number of methoxy groups -OCH3 is 1. The fraction of sp³-hybridized carbons (Fsp3) is 0.571. The fourth-order valence-electron chi connectivity index (χ4n) is 2.24. The smallest absolute Gasteiger partial charge is 0.311 e. The summed E-state index contributed by atoms with van der Waals surface area (Å²) in [6.07, 6.45) is 1.74. The van der Waals surface area contributed by atoms with Crippen LogP contribution >= 0.6 is 15.9 Å². The van der Waals surface area contributed by atoms with Crippen LogP contribution in [0.3, 0.4) is 0 Å². The number of nitro benzene ring substituents is 1. The molecule has 0 radical (unpaired) electrons. The first-order valence-corrected chi connectivity index (χ1v) is 7.81. The lowest BCUT2D eigenvalue weighted by molar-refractivity contribution is -0.386. The first-order valence-electron chi connectivity index (χ1n) is 6.69. The first kappa shape index (κ1) is 16.0. The van der Waals surface area contributed by atoms with Gasteiger partial charge in [0.2, 0.25) is 5.75 Å². The predicted molar refractivity (Wildman–Crippen MR) is 81.4 cm³/mol. The minimum absolute atomic E-state index is 0.0464. The lowest BCUT2D eigenvalue weighted by Gasteiger charge is -2.35. The molecule has 2 rings (SSSR count). The first-order chi connectivity index (χ1) is 10.1. The van der Waals surface area contributed by atoms with Gasteiger partial charge in [0.1, 0.15) is 5.75 Å². The third-order valence-electron chi connectivity index (χ3n) is 3.73. The molecule has 1 aromatic rings. The number of hydrogen-bond acceptors (Lipinski definition) is 5. The van der Waals surface area contributed by atoms with Crippen LogP contribution in [-0.2, 0) is 4.74 Å². The van der Waals surface area contributed by atoms with Crippen molar-refractivity contribution >= 4 is 21.6 Å². The molecule has 1 aromatic carbocycles. The second kappa shape index (κ2) is 7.09. The monoisotopic (exact) mass is 359 g/mol. The highest BCUT2D eigenvalue weighted by molar-refractivity contribution is 9.09. The van der Waals surface area contributed by atoms with Gasteiger partial charge in [-0.15, -0.1) is 0 Å². The number of halogens is 1. The van der Waals surface area contributed by atoms with Crippen LogP contribution in [0.4, 0.5) is 5.69 Å². The summed E-state index contributed by atoms with van der Waals surface area (Å²) in [6, 6.07) is 4.51. The van der Waals surface area contributed by atoms with Gasteiger partial charge in [0.25, 0.3) is 0 Å². The molecule has 0 atom stereocenters. The summed E-state index contributed by atoms with van der Waals surface area (Å²) < 4.78 is 16.2. The van der Waals surface area contributed by atoms with E-state index >= 15 is 0 Å². The SMILES string of the molecule is COc1ccc([N+](=O)[O-])c(OCC2(CBr)CCOCC2)c1. The van der Waals surface area contributed by atoms with Crippen molar-refractivity contribution in [1.29, 1.82) is 0 Å². The molecule has 21 heavy (non-hydrogen) atoms. The molecule has 0 saturated carbocycles. The van der Waals surface area contributed by atoms with Crippen molar-refractivity contribution in [1.82, 2.24) is 0 Å². The number of nitro groups is 1. The minimum Gasteiger partial charge on any atom is -0.497 e. The van der Waals surface area contributed by atoms with Crippen LogP contribution in [0.1, 0.15) is 12.8 Å². The molecular formula is C14H18BrNO5. The van der Waals surface area contributed by atoms with E-state index < -0.39 is 4.92 Å². The summed E-state index contributed by atoms with van der Waals surface area (Å²) in [7, 11) is 1.52. The quantitative estimate of drug-likeness (QED) is 0.443. The zero-order valence-electron chi connectivity index (χ0n) is 11.8. The Labute approximate surface area is 131 Å². The van der Waals surface area contributed by atoms with Crippen molar-refractivity contribution in [2.45, 2.75) is 12.8 Å².